The minimum atomic E-state index is -4.59. The lowest BCUT2D eigenvalue weighted by molar-refractivity contribution is -0.138. The van der Waals surface area contributed by atoms with Crippen molar-refractivity contribution in [1.29, 1.82) is 0 Å². The number of aliphatic imine (C=N–C) groups is 1. The van der Waals surface area contributed by atoms with Gasteiger partial charge in [-0.3, -0.25) is 14.7 Å². The topological polar surface area (TPSA) is 103 Å². The molecule has 0 bridgehead atoms. The molecule has 2 aromatic carbocycles. The van der Waals surface area contributed by atoms with Gasteiger partial charge in [0.2, 0.25) is 0 Å². The van der Waals surface area contributed by atoms with Gasteiger partial charge in [-0.1, -0.05) is 12.1 Å². The zero-order valence-corrected chi connectivity index (χ0v) is 24.0. The standard InChI is InChI=1S/C31H31F3N6O3/c1-19-4-7-24(15-26(19)35-16-20-12-23-14-27(30(42)43-3)38-28(23)36-17-20)37-29(41)21-5-6-22(25(13-21)31(32,33)34)18-40-10-8-39(2)9-11-40/h4-7,12-17H,8-11,18H2,1-3H3,(H,36,38)(H,37,41)/b35-16+. The summed E-state index contributed by atoms with van der Waals surface area (Å²) in [6, 6.07) is 12.3. The summed E-state index contributed by atoms with van der Waals surface area (Å²) < 4.78 is 46.7. The summed E-state index contributed by atoms with van der Waals surface area (Å²) in [7, 11) is 3.28. The summed E-state index contributed by atoms with van der Waals surface area (Å²) in [6.07, 6.45) is -1.40. The Kier molecular flexibility index (Phi) is 8.60. The first-order valence-electron chi connectivity index (χ1n) is 13.6. The number of benzene rings is 2. The van der Waals surface area contributed by atoms with Gasteiger partial charge in [0.15, 0.2) is 0 Å². The number of fused-ring (bicyclic) bond motifs is 1. The third kappa shape index (κ3) is 7.09. The second-order valence-corrected chi connectivity index (χ2v) is 10.5. The molecule has 0 spiro atoms. The highest BCUT2D eigenvalue weighted by molar-refractivity contribution is 6.04. The average molecular weight is 593 g/mol. The van der Waals surface area contributed by atoms with Gasteiger partial charge in [0, 0.05) is 67.3 Å². The Hall–Kier alpha value is -4.55. The number of aromatic amines is 1. The number of methoxy groups -OCH3 is 1. The molecule has 43 heavy (non-hydrogen) atoms. The van der Waals surface area contributed by atoms with E-state index >= 15 is 0 Å². The van der Waals surface area contributed by atoms with Gasteiger partial charge in [-0.2, -0.15) is 13.2 Å². The SMILES string of the molecule is COC(=O)c1cc2cc(/C=N/c3cc(NC(=O)c4ccc(CN5CCN(C)CC5)c(C(F)(F)F)c4)ccc3C)cnc2[nH]1. The minimum Gasteiger partial charge on any atom is -0.464 e. The number of pyridine rings is 1. The van der Waals surface area contributed by atoms with Crippen molar-refractivity contribution in [2.24, 2.45) is 4.99 Å². The Labute approximate surface area is 246 Å². The molecule has 5 rings (SSSR count). The molecule has 1 fully saturated rings. The molecule has 0 atom stereocenters. The second-order valence-electron chi connectivity index (χ2n) is 10.5. The zero-order valence-electron chi connectivity index (χ0n) is 24.0. The van der Waals surface area contributed by atoms with Crippen molar-refractivity contribution in [1.82, 2.24) is 19.8 Å². The number of piperazine rings is 1. The first-order valence-corrected chi connectivity index (χ1v) is 13.6. The van der Waals surface area contributed by atoms with Crippen molar-refractivity contribution in [2.75, 3.05) is 45.7 Å². The molecule has 224 valence electrons. The van der Waals surface area contributed by atoms with E-state index in [0.29, 0.717) is 41.1 Å². The summed E-state index contributed by atoms with van der Waals surface area (Å²) in [5.74, 6) is -1.15. The number of ether oxygens (including phenoxy) is 1. The van der Waals surface area contributed by atoms with E-state index in [0.717, 1.165) is 24.7 Å². The summed E-state index contributed by atoms with van der Waals surface area (Å²) in [5.41, 5.74) is 2.51. The Morgan fingerprint density at radius 1 is 1.09 bits per heavy atom. The van der Waals surface area contributed by atoms with E-state index in [1.165, 1.54) is 19.2 Å². The summed E-state index contributed by atoms with van der Waals surface area (Å²) >= 11 is 0. The Morgan fingerprint density at radius 3 is 2.58 bits per heavy atom. The van der Waals surface area contributed by atoms with Crippen LogP contribution in [0, 0.1) is 6.92 Å². The van der Waals surface area contributed by atoms with Gasteiger partial charge in [0.05, 0.1) is 18.4 Å². The van der Waals surface area contributed by atoms with E-state index < -0.39 is 23.6 Å². The zero-order chi connectivity index (χ0) is 30.7. The van der Waals surface area contributed by atoms with E-state index in [1.54, 1.807) is 42.7 Å². The number of hydrogen-bond acceptors (Lipinski definition) is 7. The number of H-pyrrole nitrogens is 1. The number of halogens is 3. The highest BCUT2D eigenvalue weighted by atomic mass is 19.4. The number of aromatic nitrogens is 2. The third-order valence-corrected chi connectivity index (χ3v) is 7.38. The molecule has 2 aromatic heterocycles. The number of rotatable bonds is 7. The molecule has 2 N–H and O–H groups in total. The van der Waals surface area contributed by atoms with Crippen LogP contribution in [0.1, 0.15) is 43.1 Å². The Balaban J connectivity index is 1.32. The molecule has 4 aromatic rings. The fraction of sp³-hybridized carbons (Fsp3) is 0.290. The molecule has 0 aliphatic carbocycles. The van der Waals surface area contributed by atoms with Crippen molar-refractivity contribution in [2.45, 2.75) is 19.6 Å². The largest absolute Gasteiger partial charge is 0.464 e. The summed E-state index contributed by atoms with van der Waals surface area (Å²) in [5, 5.41) is 3.40. The van der Waals surface area contributed by atoms with Crippen LogP contribution in [0.15, 0.2) is 59.7 Å². The molecule has 3 heterocycles. The van der Waals surface area contributed by atoms with E-state index in [1.807, 2.05) is 18.9 Å². The predicted octanol–water partition coefficient (Wildman–Crippen LogP) is 5.43. The minimum absolute atomic E-state index is 0.0858. The number of amides is 1. The second kappa shape index (κ2) is 12.4. The third-order valence-electron chi connectivity index (χ3n) is 7.38. The van der Waals surface area contributed by atoms with Gasteiger partial charge in [0.1, 0.15) is 11.3 Å². The lowest BCUT2D eigenvalue weighted by atomic mass is 10.0. The molecule has 12 heteroatoms. The number of nitrogens with zero attached hydrogens (tertiary/aromatic N) is 4. The maximum atomic E-state index is 14.0. The number of esters is 1. The quantitative estimate of drug-likeness (QED) is 0.219. The normalized spacial score (nSPS) is 14.8. The summed E-state index contributed by atoms with van der Waals surface area (Å²) in [4.78, 5) is 40.7. The van der Waals surface area contributed by atoms with E-state index in [4.69, 9.17) is 4.74 Å². The maximum absolute atomic E-state index is 14.0. The fourth-order valence-electron chi connectivity index (χ4n) is 4.86. The molecule has 0 unspecified atom stereocenters. The van der Waals surface area contributed by atoms with Crippen LogP contribution in [0.4, 0.5) is 24.5 Å². The van der Waals surface area contributed by atoms with Gasteiger partial charge in [-0.25, -0.2) is 9.78 Å². The highest BCUT2D eigenvalue weighted by Crippen LogP contribution is 2.34. The Bertz CT molecular complexity index is 1690. The van der Waals surface area contributed by atoms with Crippen LogP contribution >= 0.6 is 0 Å². The lowest BCUT2D eigenvalue weighted by Gasteiger charge is -2.33. The van der Waals surface area contributed by atoms with Crippen LogP contribution in [0.2, 0.25) is 0 Å². The monoisotopic (exact) mass is 592 g/mol. The van der Waals surface area contributed by atoms with Crippen LogP contribution in [0.3, 0.4) is 0 Å². The van der Waals surface area contributed by atoms with Gasteiger partial charge in [0.25, 0.3) is 5.91 Å². The van der Waals surface area contributed by atoms with Gasteiger partial charge in [-0.05, 0) is 61.5 Å². The number of hydrogen-bond donors (Lipinski definition) is 2. The molecule has 1 aliphatic rings. The smallest absolute Gasteiger partial charge is 0.416 e. The van der Waals surface area contributed by atoms with Crippen LogP contribution in [0.5, 0.6) is 0 Å². The van der Waals surface area contributed by atoms with Gasteiger partial charge in [-0.15, -0.1) is 0 Å². The number of carbonyl (C=O) groups is 2. The van der Waals surface area contributed by atoms with E-state index in [-0.39, 0.29) is 23.4 Å². The van der Waals surface area contributed by atoms with E-state index in [2.05, 4.69) is 25.2 Å². The average Bonchev–Trinajstić information content (AvgIpc) is 3.41. The van der Waals surface area contributed by atoms with Crippen molar-refractivity contribution in [3.05, 3.63) is 88.2 Å². The molecule has 1 saturated heterocycles. The molecule has 9 nitrogen and oxygen atoms in total. The Morgan fingerprint density at radius 2 is 1.86 bits per heavy atom. The number of anilines is 1. The molecule has 1 aliphatic heterocycles. The highest BCUT2D eigenvalue weighted by Gasteiger charge is 2.34. The van der Waals surface area contributed by atoms with Crippen LogP contribution in [-0.2, 0) is 17.5 Å². The van der Waals surface area contributed by atoms with Crippen molar-refractivity contribution in [3.63, 3.8) is 0 Å². The van der Waals surface area contributed by atoms with Crippen molar-refractivity contribution < 1.29 is 27.5 Å². The first-order chi connectivity index (χ1) is 20.5. The maximum Gasteiger partial charge on any atom is 0.416 e. The van der Waals surface area contributed by atoms with Crippen molar-refractivity contribution in [3.8, 4) is 0 Å². The van der Waals surface area contributed by atoms with Crippen LogP contribution < -0.4 is 5.32 Å². The molecular weight excluding hydrogens is 561 g/mol. The molecule has 0 saturated carbocycles. The fourth-order valence-corrected chi connectivity index (χ4v) is 4.86. The van der Waals surface area contributed by atoms with Crippen LogP contribution in [0.25, 0.3) is 11.0 Å². The van der Waals surface area contributed by atoms with Gasteiger partial charge >= 0.3 is 12.1 Å². The predicted molar refractivity (Wildman–Crippen MR) is 158 cm³/mol. The first kappa shape index (κ1) is 29.9. The number of carbonyl (C=O) groups excluding carboxylic acids is 2. The molecular formula is C31H31F3N6O3. The number of nitrogens with one attached hydrogen (secondary N) is 2. The van der Waals surface area contributed by atoms with E-state index in [9.17, 15) is 22.8 Å². The molecule has 1 amide bonds. The summed E-state index contributed by atoms with van der Waals surface area (Å²) in [6.45, 7) is 4.97. The van der Waals surface area contributed by atoms with Gasteiger partial charge < -0.3 is 19.9 Å². The number of aryl methyl sites for hydroxylation is 1. The van der Waals surface area contributed by atoms with Crippen molar-refractivity contribution >= 4 is 40.5 Å². The number of likely N-dealkylation sites (N-methyl/N-ethyl adjacent to an activating group) is 1. The number of alkyl halides is 3. The van der Waals surface area contributed by atoms with Crippen LogP contribution in [-0.4, -0.2) is 78.2 Å². The molecule has 0 radical (unpaired) electrons. The lowest BCUT2D eigenvalue weighted by Crippen LogP contribution is -2.44.